The SMILES string of the molecule is NCC(O)c1nnc2ncccn12. The van der Waals surface area contributed by atoms with Gasteiger partial charge in [-0.3, -0.25) is 4.40 Å². The number of hydrogen-bond acceptors (Lipinski definition) is 5. The van der Waals surface area contributed by atoms with Crippen LogP contribution in [0.15, 0.2) is 18.5 Å². The van der Waals surface area contributed by atoms with Crippen LogP contribution in [-0.2, 0) is 0 Å². The first-order valence-electron chi connectivity index (χ1n) is 3.86. The molecule has 0 aromatic carbocycles. The second-order valence-electron chi connectivity index (χ2n) is 2.60. The summed E-state index contributed by atoms with van der Waals surface area (Å²) in [5.41, 5.74) is 5.30. The third kappa shape index (κ3) is 1.25. The first-order chi connectivity index (χ1) is 6.33. The smallest absolute Gasteiger partial charge is 0.255 e. The van der Waals surface area contributed by atoms with Gasteiger partial charge in [-0.15, -0.1) is 10.2 Å². The quantitative estimate of drug-likeness (QED) is 0.624. The molecule has 0 saturated heterocycles. The zero-order valence-electron chi connectivity index (χ0n) is 6.83. The Morgan fingerprint density at radius 2 is 2.38 bits per heavy atom. The van der Waals surface area contributed by atoms with Crippen LogP contribution < -0.4 is 5.73 Å². The van der Waals surface area contributed by atoms with E-state index < -0.39 is 6.10 Å². The summed E-state index contributed by atoms with van der Waals surface area (Å²) in [6, 6.07) is 1.74. The molecule has 3 N–H and O–H groups in total. The summed E-state index contributed by atoms with van der Waals surface area (Å²) in [6.45, 7) is 0.121. The van der Waals surface area contributed by atoms with Crippen molar-refractivity contribution in [3.8, 4) is 0 Å². The minimum absolute atomic E-state index is 0.121. The molecule has 1 unspecified atom stereocenters. The summed E-state index contributed by atoms with van der Waals surface area (Å²) >= 11 is 0. The predicted octanol–water partition coefficient (Wildman–Crippen LogP) is -0.884. The zero-order chi connectivity index (χ0) is 9.26. The van der Waals surface area contributed by atoms with Crippen LogP contribution in [0, 0.1) is 0 Å². The topological polar surface area (TPSA) is 89.3 Å². The molecular formula is C7H9N5O. The number of hydrogen-bond donors (Lipinski definition) is 2. The summed E-state index contributed by atoms with van der Waals surface area (Å²) in [5, 5.41) is 17.0. The number of rotatable bonds is 2. The number of fused-ring (bicyclic) bond motifs is 1. The van der Waals surface area contributed by atoms with E-state index in [2.05, 4.69) is 15.2 Å². The third-order valence-corrected chi connectivity index (χ3v) is 1.74. The van der Waals surface area contributed by atoms with Crippen LogP contribution in [0.2, 0.25) is 0 Å². The minimum atomic E-state index is -0.792. The summed E-state index contributed by atoms with van der Waals surface area (Å²) in [4.78, 5) is 3.96. The number of nitrogens with two attached hydrogens (primary N) is 1. The van der Waals surface area contributed by atoms with Gasteiger partial charge in [-0.2, -0.15) is 0 Å². The summed E-state index contributed by atoms with van der Waals surface area (Å²) in [5.74, 6) is 0.885. The highest BCUT2D eigenvalue weighted by molar-refractivity contribution is 5.26. The summed E-state index contributed by atoms with van der Waals surface area (Å²) in [6.07, 6.45) is 2.55. The van der Waals surface area contributed by atoms with E-state index in [0.717, 1.165) is 0 Å². The van der Waals surface area contributed by atoms with Crippen LogP contribution in [-0.4, -0.2) is 31.2 Å². The van der Waals surface area contributed by atoms with E-state index in [1.54, 1.807) is 22.9 Å². The molecule has 0 aliphatic heterocycles. The summed E-state index contributed by atoms with van der Waals surface area (Å²) in [7, 11) is 0. The normalized spacial score (nSPS) is 13.4. The molecule has 0 radical (unpaired) electrons. The van der Waals surface area contributed by atoms with E-state index in [4.69, 9.17) is 5.73 Å². The maximum absolute atomic E-state index is 9.44. The highest BCUT2D eigenvalue weighted by Crippen LogP contribution is 2.08. The molecular weight excluding hydrogens is 170 g/mol. The van der Waals surface area contributed by atoms with Gasteiger partial charge in [0.1, 0.15) is 6.10 Å². The molecule has 6 heteroatoms. The predicted molar refractivity (Wildman–Crippen MR) is 44.8 cm³/mol. The lowest BCUT2D eigenvalue weighted by Gasteiger charge is -2.03. The Kier molecular flexibility index (Phi) is 1.91. The van der Waals surface area contributed by atoms with Gasteiger partial charge in [-0.25, -0.2) is 4.98 Å². The molecule has 2 aromatic rings. The number of aromatic nitrogens is 4. The fraction of sp³-hybridized carbons (Fsp3) is 0.286. The highest BCUT2D eigenvalue weighted by atomic mass is 16.3. The van der Waals surface area contributed by atoms with Gasteiger partial charge in [0.15, 0.2) is 5.82 Å². The second kappa shape index (κ2) is 3.08. The first kappa shape index (κ1) is 8.09. The minimum Gasteiger partial charge on any atom is -0.384 e. The van der Waals surface area contributed by atoms with Crippen molar-refractivity contribution in [2.75, 3.05) is 6.54 Å². The molecule has 68 valence electrons. The van der Waals surface area contributed by atoms with Gasteiger partial charge in [0.25, 0.3) is 5.78 Å². The van der Waals surface area contributed by atoms with Crippen LogP contribution in [0.5, 0.6) is 0 Å². The van der Waals surface area contributed by atoms with Crippen LogP contribution in [0.3, 0.4) is 0 Å². The third-order valence-electron chi connectivity index (χ3n) is 1.74. The maximum Gasteiger partial charge on any atom is 0.255 e. The monoisotopic (exact) mass is 179 g/mol. The van der Waals surface area contributed by atoms with Crippen LogP contribution in [0.4, 0.5) is 0 Å². The van der Waals surface area contributed by atoms with Gasteiger partial charge in [-0.1, -0.05) is 0 Å². The molecule has 1 atom stereocenters. The van der Waals surface area contributed by atoms with Crippen molar-refractivity contribution < 1.29 is 5.11 Å². The lowest BCUT2D eigenvalue weighted by Crippen LogP contribution is -2.14. The van der Waals surface area contributed by atoms with Crippen LogP contribution in [0.1, 0.15) is 11.9 Å². The van der Waals surface area contributed by atoms with Gasteiger partial charge >= 0.3 is 0 Å². The van der Waals surface area contributed by atoms with Crippen molar-refractivity contribution in [3.05, 3.63) is 24.3 Å². The van der Waals surface area contributed by atoms with E-state index in [1.165, 1.54) is 0 Å². The molecule has 2 heterocycles. The Morgan fingerprint density at radius 1 is 1.54 bits per heavy atom. The van der Waals surface area contributed by atoms with Crippen LogP contribution in [0.25, 0.3) is 5.78 Å². The Labute approximate surface area is 74.0 Å². The number of aliphatic hydroxyl groups excluding tert-OH is 1. The largest absolute Gasteiger partial charge is 0.384 e. The zero-order valence-corrected chi connectivity index (χ0v) is 6.83. The van der Waals surface area contributed by atoms with Crippen molar-refractivity contribution in [3.63, 3.8) is 0 Å². The molecule has 0 aliphatic carbocycles. The lowest BCUT2D eigenvalue weighted by atomic mass is 10.3. The molecule has 0 fully saturated rings. The molecule has 0 amide bonds. The molecule has 2 aromatic heterocycles. The second-order valence-corrected chi connectivity index (χ2v) is 2.60. The average molecular weight is 179 g/mol. The molecule has 0 saturated carbocycles. The Morgan fingerprint density at radius 3 is 3.15 bits per heavy atom. The van der Waals surface area contributed by atoms with Gasteiger partial charge in [0.2, 0.25) is 0 Å². The molecule has 13 heavy (non-hydrogen) atoms. The van der Waals surface area contributed by atoms with Gasteiger partial charge in [0.05, 0.1) is 0 Å². The van der Waals surface area contributed by atoms with Gasteiger partial charge in [-0.05, 0) is 6.07 Å². The van der Waals surface area contributed by atoms with Gasteiger partial charge < -0.3 is 10.8 Å². The average Bonchev–Trinajstić information content (AvgIpc) is 2.60. The Hall–Kier alpha value is -1.53. The fourth-order valence-electron chi connectivity index (χ4n) is 1.09. The lowest BCUT2D eigenvalue weighted by molar-refractivity contribution is 0.175. The van der Waals surface area contributed by atoms with E-state index in [1.807, 2.05) is 0 Å². The van der Waals surface area contributed by atoms with Crippen molar-refractivity contribution in [1.82, 2.24) is 19.6 Å². The molecule has 0 aliphatic rings. The van der Waals surface area contributed by atoms with E-state index in [-0.39, 0.29) is 6.54 Å². The van der Waals surface area contributed by atoms with E-state index in [9.17, 15) is 5.11 Å². The first-order valence-corrected chi connectivity index (χ1v) is 3.86. The van der Waals surface area contributed by atoms with E-state index in [0.29, 0.717) is 11.6 Å². The Bertz CT molecular complexity index is 412. The fourth-order valence-corrected chi connectivity index (χ4v) is 1.09. The number of nitrogens with zero attached hydrogens (tertiary/aromatic N) is 4. The molecule has 0 bridgehead atoms. The van der Waals surface area contributed by atoms with Crippen molar-refractivity contribution in [2.24, 2.45) is 5.73 Å². The standard InChI is InChI=1S/C7H9N5O/c8-4-5(13)6-10-11-7-9-2-1-3-12(6)7/h1-3,5,13H,4,8H2. The van der Waals surface area contributed by atoms with Crippen LogP contribution >= 0.6 is 0 Å². The summed E-state index contributed by atoms with van der Waals surface area (Å²) < 4.78 is 1.61. The molecule has 2 rings (SSSR count). The Balaban J connectivity index is 2.57. The van der Waals surface area contributed by atoms with Crippen molar-refractivity contribution >= 4 is 5.78 Å². The van der Waals surface area contributed by atoms with Crippen molar-refractivity contribution in [2.45, 2.75) is 6.10 Å². The molecule has 6 nitrogen and oxygen atoms in total. The highest BCUT2D eigenvalue weighted by Gasteiger charge is 2.12. The number of aliphatic hydroxyl groups is 1. The van der Waals surface area contributed by atoms with Crippen molar-refractivity contribution in [1.29, 1.82) is 0 Å². The van der Waals surface area contributed by atoms with Gasteiger partial charge in [0, 0.05) is 18.9 Å². The maximum atomic E-state index is 9.44. The van der Waals surface area contributed by atoms with E-state index >= 15 is 0 Å². The molecule has 0 spiro atoms.